The lowest BCUT2D eigenvalue weighted by Gasteiger charge is -2.23. The summed E-state index contributed by atoms with van der Waals surface area (Å²) in [6.45, 7) is 12.3. The average molecular weight is 284 g/mol. The molecule has 0 heterocycles. The SMILES string of the molecule is C=CC(=O)OCCC(CCCCC)[Si]OC(C)(C)C. The Kier molecular flexibility index (Phi) is 9.88. The highest BCUT2D eigenvalue weighted by atomic mass is 28.2. The van der Waals surface area contributed by atoms with Gasteiger partial charge in [0, 0.05) is 11.7 Å². The molecule has 4 heteroatoms. The molecule has 0 saturated heterocycles. The highest BCUT2D eigenvalue weighted by Gasteiger charge is 2.17. The first-order valence-corrected chi connectivity index (χ1v) is 8.10. The Bertz CT molecular complexity index is 259. The Labute approximate surface area is 120 Å². The van der Waals surface area contributed by atoms with Crippen molar-refractivity contribution >= 4 is 15.7 Å². The summed E-state index contributed by atoms with van der Waals surface area (Å²) in [7, 11) is 0.473. The molecule has 0 aliphatic heterocycles. The summed E-state index contributed by atoms with van der Waals surface area (Å²) in [5.41, 5.74) is 0.391. The molecular formula is C15H28O3Si. The van der Waals surface area contributed by atoms with Gasteiger partial charge in [-0.1, -0.05) is 39.2 Å². The van der Waals surface area contributed by atoms with Crippen molar-refractivity contribution in [3.05, 3.63) is 12.7 Å². The van der Waals surface area contributed by atoms with E-state index < -0.39 is 0 Å². The molecule has 0 amide bonds. The Balaban J connectivity index is 4.02. The lowest BCUT2D eigenvalue weighted by Crippen LogP contribution is -2.25. The minimum Gasteiger partial charge on any atom is -0.463 e. The van der Waals surface area contributed by atoms with Crippen molar-refractivity contribution < 1.29 is 14.0 Å². The van der Waals surface area contributed by atoms with Crippen molar-refractivity contribution in [1.82, 2.24) is 0 Å². The number of rotatable bonds is 10. The third-order valence-electron chi connectivity index (χ3n) is 2.57. The predicted octanol–water partition coefficient (Wildman–Crippen LogP) is 3.91. The molecule has 3 nitrogen and oxygen atoms in total. The molecule has 0 bridgehead atoms. The Morgan fingerprint density at radius 2 is 2.00 bits per heavy atom. The number of esters is 1. The number of unbranched alkanes of at least 4 members (excludes halogenated alkanes) is 2. The van der Waals surface area contributed by atoms with E-state index in [-0.39, 0.29) is 11.6 Å². The molecule has 0 spiro atoms. The first-order valence-electron chi connectivity index (χ1n) is 7.11. The van der Waals surface area contributed by atoms with Gasteiger partial charge >= 0.3 is 5.97 Å². The summed E-state index contributed by atoms with van der Waals surface area (Å²) in [4.78, 5) is 11.0. The van der Waals surface area contributed by atoms with E-state index in [1.165, 1.54) is 25.3 Å². The van der Waals surface area contributed by atoms with Crippen molar-refractivity contribution in [2.75, 3.05) is 6.61 Å². The van der Waals surface area contributed by atoms with Gasteiger partial charge in [0.05, 0.1) is 6.61 Å². The van der Waals surface area contributed by atoms with Crippen LogP contribution in [0.15, 0.2) is 12.7 Å². The fourth-order valence-electron chi connectivity index (χ4n) is 1.52. The second-order valence-electron chi connectivity index (χ2n) is 5.69. The van der Waals surface area contributed by atoms with E-state index in [0.717, 1.165) is 12.8 Å². The molecule has 0 saturated carbocycles. The van der Waals surface area contributed by atoms with E-state index in [1.54, 1.807) is 0 Å². The molecule has 0 aromatic heterocycles. The number of ether oxygens (including phenoxy) is 1. The van der Waals surface area contributed by atoms with Crippen LogP contribution in [0.5, 0.6) is 0 Å². The molecule has 110 valence electrons. The van der Waals surface area contributed by atoms with E-state index in [2.05, 4.69) is 34.3 Å². The van der Waals surface area contributed by atoms with Crippen LogP contribution in [0.4, 0.5) is 0 Å². The number of hydrogen-bond acceptors (Lipinski definition) is 3. The van der Waals surface area contributed by atoms with E-state index in [9.17, 15) is 4.79 Å². The van der Waals surface area contributed by atoms with Gasteiger partial charge in [-0.25, -0.2) is 4.79 Å². The van der Waals surface area contributed by atoms with Crippen LogP contribution >= 0.6 is 0 Å². The van der Waals surface area contributed by atoms with Crippen LogP contribution < -0.4 is 0 Å². The zero-order chi connectivity index (χ0) is 14.7. The zero-order valence-corrected chi connectivity index (χ0v) is 13.8. The summed E-state index contributed by atoms with van der Waals surface area (Å²) < 4.78 is 10.9. The van der Waals surface area contributed by atoms with Gasteiger partial charge in [-0.05, 0) is 32.7 Å². The molecular weight excluding hydrogens is 256 g/mol. The summed E-state index contributed by atoms with van der Waals surface area (Å²) in [5, 5.41) is 0. The zero-order valence-electron chi connectivity index (χ0n) is 12.8. The molecule has 0 N–H and O–H groups in total. The number of carbonyl (C=O) groups excluding carboxylic acids is 1. The summed E-state index contributed by atoms with van der Waals surface area (Å²) >= 11 is 0. The van der Waals surface area contributed by atoms with Gasteiger partial charge in [0.1, 0.15) is 0 Å². The summed E-state index contributed by atoms with van der Waals surface area (Å²) in [5.74, 6) is -0.340. The minimum atomic E-state index is -0.340. The van der Waals surface area contributed by atoms with Crippen LogP contribution in [0.2, 0.25) is 5.54 Å². The van der Waals surface area contributed by atoms with Crippen molar-refractivity contribution in [2.45, 2.75) is 70.9 Å². The summed E-state index contributed by atoms with van der Waals surface area (Å²) in [6.07, 6.45) is 6.92. The smallest absolute Gasteiger partial charge is 0.330 e. The second-order valence-corrected chi connectivity index (χ2v) is 6.94. The third-order valence-corrected chi connectivity index (χ3v) is 4.21. The number of hydrogen-bond donors (Lipinski definition) is 0. The number of carbonyl (C=O) groups is 1. The van der Waals surface area contributed by atoms with Crippen LogP contribution in [-0.4, -0.2) is 27.9 Å². The Morgan fingerprint density at radius 1 is 1.32 bits per heavy atom. The molecule has 1 unspecified atom stereocenters. The van der Waals surface area contributed by atoms with Gasteiger partial charge in [0.25, 0.3) is 0 Å². The molecule has 0 aromatic rings. The van der Waals surface area contributed by atoms with Gasteiger partial charge in [-0.15, -0.1) is 0 Å². The molecule has 0 aromatic carbocycles. The molecule has 2 radical (unpaired) electrons. The molecule has 0 rings (SSSR count). The van der Waals surface area contributed by atoms with Gasteiger partial charge in [-0.2, -0.15) is 0 Å². The predicted molar refractivity (Wildman–Crippen MR) is 80.3 cm³/mol. The van der Waals surface area contributed by atoms with Crippen LogP contribution in [0.25, 0.3) is 0 Å². The van der Waals surface area contributed by atoms with Crippen LogP contribution in [0.3, 0.4) is 0 Å². The quantitative estimate of drug-likeness (QED) is 0.264. The fourth-order valence-corrected chi connectivity index (χ4v) is 2.60. The fraction of sp³-hybridized carbons (Fsp3) is 0.800. The maximum atomic E-state index is 11.0. The van der Waals surface area contributed by atoms with Crippen molar-refractivity contribution in [3.63, 3.8) is 0 Å². The monoisotopic (exact) mass is 284 g/mol. The second kappa shape index (κ2) is 10.2. The van der Waals surface area contributed by atoms with Gasteiger partial charge in [0.2, 0.25) is 9.76 Å². The highest BCUT2D eigenvalue weighted by Crippen LogP contribution is 2.21. The van der Waals surface area contributed by atoms with Crippen molar-refractivity contribution in [1.29, 1.82) is 0 Å². The van der Waals surface area contributed by atoms with Crippen LogP contribution in [0.1, 0.15) is 59.8 Å². The van der Waals surface area contributed by atoms with Gasteiger partial charge in [-0.3, -0.25) is 0 Å². The minimum absolute atomic E-state index is 0.0980. The lowest BCUT2D eigenvalue weighted by atomic mass is 10.1. The van der Waals surface area contributed by atoms with Gasteiger partial charge in [0.15, 0.2) is 0 Å². The lowest BCUT2D eigenvalue weighted by molar-refractivity contribution is -0.137. The molecule has 0 aliphatic rings. The van der Waals surface area contributed by atoms with E-state index in [1.807, 2.05) is 0 Å². The highest BCUT2D eigenvalue weighted by molar-refractivity contribution is 6.29. The first-order chi connectivity index (χ1) is 8.89. The van der Waals surface area contributed by atoms with Crippen molar-refractivity contribution in [2.24, 2.45) is 0 Å². The Hall–Kier alpha value is -0.613. The molecule has 0 aliphatic carbocycles. The standard InChI is InChI=1S/C15H28O3Si/c1-6-8-9-10-13(19-18-15(3,4)5)11-12-17-14(16)7-2/h7,13H,2,6,8-12H2,1,3-5H3. The van der Waals surface area contributed by atoms with E-state index >= 15 is 0 Å². The maximum absolute atomic E-state index is 11.0. The largest absolute Gasteiger partial charge is 0.463 e. The molecule has 19 heavy (non-hydrogen) atoms. The van der Waals surface area contributed by atoms with Crippen molar-refractivity contribution in [3.8, 4) is 0 Å². The maximum Gasteiger partial charge on any atom is 0.330 e. The first kappa shape index (κ1) is 18.4. The van der Waals surface area contributed by atoms with E-state index in [0.29, 0.717) is 21.9 Å². The Morgan fingerprint density at radius 3 is 2.53 bits per heavy atom. The van der Waals surface area contributed by atoms with Crippen LogP contribution in [0, 0.1) is 0 Å². The molecule has 0 fully saturated rings. The normalized spacial score (nSPS) is 13.1. The summed E-state index contributed by atoms with van der Waals surface area (Å²) in [6, 6.07) is 0. The average Bonchev–Trinajstić information content (AvgIpc) is 2.34. The molecule has 1 atom stereocenters. The van der Waals surface area contributed by atoms with Gasteiger partial charge < -0.3 is 9.16 Å². The van der Waals surface area contributed by atoms with Crippen LogP contribution in [-0.2, 0) is 14.0 Å². The van der Waals surface area contributed by atoms with E-state index in [4.69, 9.17) is 9.16 Å². The topological polar surface area (TPSA) is 35.5 Å². The third kappa shape index (κ3) is 12.2.